The Hall–Kier alpha value is -0.930. The fourth-order valence-electron chi connectivity index (χ4n) is 1.44. The van der Waals surface area contributed by atoms with Crippen LogP contribution in [0.3, 0.4) is 0 Å². The Labute approximate surface area is 104 Å². The molecule has 0 spiro atoms. The molecule has 0 heterocycles. The first kappa shape index (κ1) is 13.1. The van der Waals surface area contributed by atoms with Crippen molar-refractivity contribution in [2.24, 2.45) is 0 Å². The van der Waals surface area contributed by atoms with Crippen LogP contribution < -0.4 is 4.74 Å². The molecule has 1 unspecified atom stereocenters. The van der Waals surface area contributed by atoms with Gasteiger partial charge in [0.2, 0.25) is 0 Å². The van der Waals surface area contributed by atoms with E-state index < -0.39 is 5.97 Å². The highest BCUT2D eigenvalue weighted by Gasteiger charge is 2.15. The maximum absolute atomic E-state index is 10.6. The second-order valence-electron chi connectivity index (χ2n) is 3.52. The maximum Gasteiger partial charge on any atom is 0.303 e. The minimum Gasteiger partial charge on any atom is -0.494 e. The number of carboxylic acids is 1. The zero-order valence-corrected chi connectivity index (χ0v) is 10.5. The van der Waals surface area contributed by atoms with Gasteiger partial charge < -0.3 is 9.84 Å². The molecule has 1 aromatic rings. The van der Waals surface area contributed by atoms with Crippen molar-refractivity contribution in [3.8, 4) is 5.75 Å². The molecule has 88 valence electrons. The van der Waals surface area contributed by atoms with Crippen LogP contribution in [0.4, 0.5) is 0 Å². The average molecular weight is 263 g/mol. The standard InChI is InChI=1S/C11H12Cl2O3/c1-6(3-10(14)15)7-4-8(12)11(16-2)9(13)5-7/h4-6H,3H2,1-2H3,(H,14,15). The van der Waals surface area contributed by atoms with E-state index in [4.69, 9.17) is 33.0 Å². The maximum atomic E-state index is 10.6. The lowest BCUT2D eigenvalue weighted by Crippen LogP contribution is -2.03. The van der Waals surface area contributed by atoms with Crippen LogP contribution >= 0.6 is 23.2 Å². The Balaban J connectivity index is 3.03. The second-order valence-corrected chi connectivity index (χ2v) is 4.33. The van der Waals surface area contributed by atoms with Gasteiger partial charge in [-0.15, -0.1) is 0 Å². The molecule has 0 saturated carbocycles. The fourth-order valence-corrected chi connectivity index (χ4v) is 2.10. The van der Waals surface area contributed by atoms with E-state index in [0.717, 1.165) is 5.56 Å². The third-order valence-electron chi connectivity index (χ3n) is 2.27. The number of methoxy groups -OCH3 is 1. The quantitative estimate of drug-likeness (QED) is 0.903. The molecule has 3 nitrogen and oxygen atoms in total. The van der Waals surface area contributed by atoms with E-state index in [1.807, 2.05) is 6.92 Å². The summed E-state index contributed by atoms with van der Waals surface area (Å²) in [6.07, 6.45) is 0.0407. The highest BCUT2D eigenvalue weighted by atomic mass is 35.5. The summed E-state index contributed by atoms with van der Waals surface area (Å²) in [5, 5.41) is 9.48. The van der Waals surface area contributed by atoms with Crippen LogP contribution in [-0.4, -0.2) is 18.2 Å². The predicted molar refractivity (Wildman–Crippen MR) is 63.7 cm³/mol. The molecule has 1 N–H and O–H groups in total. The molecule has 1 atom stereocenters. The average Bonchev–Trinajstić information content (AvgIpc) is 2.16. The first-order valence-electron chi connectivity index (χ1n) is 4.70. The summed E-state index contributed by atoms with van der Waals surface area (Å²) < 4.78 is 5.01. The van der Waals surface area contributed by atoms with Crippen molar-refractivity contribution in [1.82, 2.24) is 0 Å². The van der Waals surface area contributed by atoms with Crippen molar-refractivity contribution < 1.29 is 14.6 Å². The summed E-state index contributed by atoms with van der Waals surface area (Å²) in [6, 6.07) is 3.36. The number of ether oxygens (including phenoxy) is 1. The molecule has 0 fully saturated rings. The van der Waals surface area contributed by atoms with Gasteiger partial charge in [0.15, 0.2) is 5.75 Å². The van der Waals surface area contributed by atoms with Gasteiger partial charge in [0.05, 0.1) is 23.6 Å². The van der Waals surface area contributed by atoms with Crippen LogP contribution in [0.15, 0.2) is 12.1 Å². The highest BCUT2D eigenvalue weighted by molar-refractivity contribution is 6.37. The van der Waals surface area contributed by atoms with Crippen LogP contribution in [-0.2, 0) is 4.79 Å². The monoisotopic (exact) mass is 262 g/mol. The van der Waals surface area contributed by atoms with Gasteiger partial charge in [0.25, 0.3) is 0 Å². The molecule has 0 aliphatic heterocycles. The number of halogens is 2. The van der Waals surface area contributed by atoms with Crippen LogP contribution in [0.1, 0.15) is 24.8 Å². The molecule has 0 bridgehead atoms. The van der Waals surface area contributed by atoms with Crippen molar-refractivity contribution in [1.29, 1.82) is 0 Å². The van der Waals surface area contributed by atoms with E-state index in [1.165, 1.54) is 7.11 Å². The van der Waals surface area contributed by atoms with Crippen LogP contribution in [0, 0.1) is 0 Å². The van der Waals surface area contributed by atoms with Gasteiger partial charge in [-0.1, -0.05) is 30.1 Å². The van der Waals surface area contributed by atoms with Gasteiger partial charge in [0.1, 0.15) is 0 Å². The molecule has 16 heavy (non-hydrogen) atoms. The molecule has 0 aromatic heterocycles. The number of carbonyl (C=O) groups is 1. The second kappa shape index (κ2) is 5.41. The van der Waals surface area contributed by atoms with Crippen LogP contribution in [0.5, 0.6) is 5.75 Å². The topological polar surface area (TPSA) is 46.5 Å². The third kappa shape index (κ3) is 3.03. The molecule has 0 amide bonds. The number of carboxylic acid groups (broad SMARTS) is 1. The van der Waals surface area contributed by atoms with Gasteiger partial charge in [-0.3, -0.25) is 4.79 Å². The molecular weight excluding hydrogens is 251 g/mol. The van der Waals surface area contributed by atoms with E-state index in [0.29, 0.717) is 15.8 Å². The predicted octanol–water partition coefficient (Wildman–Crippen LogP) is 3.58. The third-order valence-corrected chi connectivity index (χ3v) is 2.84. The lowest BCUT2D eigenvalue weighted by Gasteiger charge is -2.13. The zero-order chi connectivity index (χ0) is 12.3. The Kier molecular flexibility index (Phi) is 4.44. The van der Waals surface area contributed by atoms with E-state index in [1.54, 1.807) is 12.1 Å². The SMILES string of the molecule is COc1c(Cl)cc(C(C)CC(=O)O)cc1Cl. The molecule has 0 aliphatic carbocycles. The number of benzene rings is 1. The largest absolute Gasteiger partial charge is 0.494 e. The van der Waals surface area contributed by atoms with E-state index in [2.05, 4.69) is 0 Å². The normalized spacial score (nSPS) is 12.2. The first-order chi connectivity index (χ1) is 7.45. The summed E-state index contributed by atoms with van der Waals surface area (Å²) in [6.45, 7) is 1.81. The molecule has 0 aliphatic rings. The summed E-state index contributed by atoms with van der Waals surface area (Å²) in [4.78, 5) is 10.6. The molecular formula is C11H12Cl2O3. The fraction of sp³-hybridized carbons (Fsp3) is 0.364. The number of aliphatic carboxylic acids is 1. The first-order valence-corrected chi connectivity index (χ1v) is 5.46. The van der Waals surface area contributed by atoms with Gasteiger partial charge in [-0.2, -0.15) is 0 Å². The Morgan fingerprint density at radius 3 is 2.31 bits per heavy atom. The minimum absolute atomic E-state index is 0.0407. The minimum atomic E-state index is -0.851. The summed E-state index contributed by atoms with van der Waals surface area (Å²) >= 11 is 11.9. The van der Waals surface area contributed by atoms with E-state index >= 15 is 0 Å². The van der Waals surface area contributed by atoms with Crippen molar-refractivity contribution in [2.45, 2.75) is 19.3 Å². The van der Waals surface area contributed by atoms with Gasteiger partial charge in [0, 0.05) is 0 Å². The molecule has 5 heteroatoms. The molecule has 0 saturated heterocycles. The van der Waals surface area contributed by atoms with Crippen molar-refractivity contribution in [3.63, 3.8) is 0 Å². The number of hydrogen-bond donors (Lipinski definition) is 1. The Morgan fingerprint density at radius 1 is 1.44 bits per heavy atom. The van der Waals surface area contributed by atoms with Gasteiger partial charge >= 0.3 is 5.97 Å². The van der Waals surface area contributed by atoms with Gasteiger partial charge in [-0.05, 0) is 23.6 Å². The van der Waals surface area contributed by atoms with Crippen molar-refractivity contribution in [3.05, 3.63) is 27.7 Å². The summed E-state index contributed by atoms with van der Waals surface area (Å²) in [5.74, 6) is -0.580. The molecule has 1 aromatic carbocycles. The highest BCUT2D eigenvalue weighted by Crippen LogP contribution is 2.36. The smallest absolute Gasteiger partial charge is 0.303 e. The van der Waals surface area contributed by atoms with Crippen LogP contribution in [0.25, 0.3) is 0 Å². The Bertz CT molecular complexity index is 381. The number of hydrogen-bond acceptors (Lipinski definition) is 2. The Morgan fingerprint density at radius 2 is 1.94 bits per heavy atom. The van der Waals surface area contributed by atoms with Crippen LogP contribution in [0.2, 0.25) is 10.0 Å². The molecule has 1 rings (SSSR count). The van der Waals surface area contributed by atoms with E-state index in [-0.39, 0.29) is 12.3 Å². The number of rotatable bonds is 4. The van der Waals surface area contributed by atoms with Gasteiger partial charge in [-0.25, -0.2) is 0 Å². The lowest BCUT2D eigenvalue weighted by molar-refractivity contribution is -0.137. The van der Waals surface area contributed by atoms with Crippen molar-refractivity contribution in [2.75, 3.05) is 7.11 Å². The summed E-state index contributed by atoms with van der Waals surface area (Å²) in [5.41, 5.74) is 0.790. The lowest BCUT2D eigenvalue weighted by atomic mass is 9.98. The van der Waals surface area contributed by atoms with E-state index in [9.17, 15) is 4.79 Å². The summed E-state index contributed by atoms with van der Waals surface area (Å²) in [7, 11) is 1.48. The molecule has 0 radical (unpaired) electrons. The zero-order valence-electron chi connectivity index (χ0n) is 8.96. The van der Waals surface area contributed by atoms with Crippen molar-refractivity contribution >= 4 is 29.2 Å².